The molecule has 4 unspecified atom stereocenters. The molecule has 1 saturated carbocycles. The molecule has 0 aromatic carbocycles. The first-order chi connectivity index (χ1) is 10.1. The van der Waals surface area contributed by atoms with Crippen LogP contribution in [0.15, 0.2) is 18.7 Å². The minimum Gasteiger partial charge on any atom is -0.389 e. The number of ether oxygens (including phenoxy) is 1. The third-order valence-electron chi connectivity index (χ3n) is 4.87. The summed E-state index contributed by atoms with van der Waals surface area (Å²) in [6, 6.07) is 0. The largest absolute Gasteiger partial charge is 0.389 e. The molecule has 0 aliphatic heterocycles. The van der Waals surface area contributed by atoms with Crippen molar-refractivity contribution in [3.05, 3.63) is 18.7 Å². The number of nitrogens with zero attached hydrogens (tertiary/aromatic N) is 2. The van der Waals surface area contributed by atoms with Gasteiger partial charge >= 0.3 is 0 Å². The Balaban J connectivity index is 1.83. The van der Waals surface area contributed by atoms with Gasteiger partial charge in [-0.05, 0) is 37.0 Å². The molecule has 4 heteroatoms. The molecule has 2 rings (SSSR count). The van der Waals surface area contributed by atoms with Gasteiger partial charge in [-0.15, -0.1) is 0 Å². The zero-order valence-corrected chi connectivity index (χ0v) is 13.6. The van der Waals surface area contributed by atoms with Crippen molar-refractivity contribution in [2.24, 2.45) is 17.8 Å². The maximum atomic E-state index is 10.1. The van der Waals surface area contributed by atoms with Crippen LogP contribution in [0, 0.1) is 17.8 Å². The Hall–Kier alpha value is -0.870. The van der Waals surface area contributed by atoms with Crippen LogP contribution in [0.5, 0.6) is 0 Å². The molecular formula is C17H30N2O2. The van der Waals surface area contributed by atoms with Crippen LogP contribution in [0.4, 0.5) is 0 Å². The van der Waals surface area contributed by atoms with E-state index in [9.17, 15) is 5.11 Å². The number of rotatable bonds is 7. The van der Waals surface area contributed by atoms with Gasteiger partial charge in [-0.2, -0.15) is 0 Å². The summed E-state index contributed by atoms with van der Waals surface area (Å²) in [4.78, 5) is 3.99. The van der Waals surface area contributed by atoms with E-state index in [0.717, 1.165) is 12.3 Å². The monoisotopic (exact) mass is 294 g/mol. The highest BCUT2D eigenvalue weighted by Gasteiger charge is 2.32. The van der Waals surface area contributed by atoms with E-state index in [1.54, 1.807) is 12.5 Å². The van der Waals surface area contributed by atoms with Crippen molar-refractivity contribution in [1.29, 1.82) is 0 Å². The van der Waals surface area contributed by atoms with Crippen LogP contribution in [-0.4, -0.2) is 33.5 Å². The van der Waals surface area contributed by atoms with E-state index < -0.39 is 6.10 Å². The number of hydrogen-bond acceptors (Lipinski definition) is 3. The highest BCUT2D eigenvalue weighted by Crippen LogP contribution is 2.36. The zero-order chi connectivity index (χ0) is 15.2. The molecule has 4 nitrogen and oxygen atoms in total. The lowest BCUT2D eigenvalue weighted by atomic mass is 9.74. The summed E-state index contributed by atoms with van der Waals surface area (Å²) in [6.45, 7) is 7.81. The van der Waals surface area contributed by atoms with Crippen LogP contribution < -0.4 is 0 Å². The molecule has 1 aromatic rings. The van der Waals surface area contributed by atoms with Crippen LogP contribution in [0.2, 0.25) is 0 Å². The third-order valence-corrected chi connectivity index (χ3v) is 4.87. The Morgan fingerprint density at radius 1 is 1.38 bits per heavy atom. The topological polar surface area (TPSA) is 47.3 Å². The van der Waals surface area contributed by atoms with Gasteiger partial charge in [-0.25, -0.2) is 4.98 Å². The molecular weight excluding hydrogens is 264 g/mol. The first kappa shape index (κ1) is 16.5. The number of imidazole rings is 1. The van der Waals surface area contributed by atoms with Crippen LogP contribution >= 0.6 is 0 Å². The molecule has 0 radical (unpaired) electrons. The van der Waals surface area contributed by atoms with Crippen LogP contribution in [-0.2, 0) is 11.3 Å². The normalized spacial score (nSPS) is 28.0. The van der Waals surface area contributed by atoms with Crippen molar-refractivity contribution in [3.63, 3.8) is 0 Å². The fourth-order valence-electron chi connectivity index (χ4n) is 3.49. The predicted molar refractivity (Wildman–Crippen MR) is 83.9 cm³/mol. The first-order valence-corrected chi connectivity index (χ1v) is 8.35. The lowest BCUT2D eigenvalue weighted by Crippen LogP contribution is -2.37. The van der Waals surface area contributed by atoms with Gasteiger partial charge in [0.1, 0.15) is 0 Å². The third kappa shape index (κ3) is 4.82. The SMILES string of the molecule is CCC1CCC(C(C)C)C(OCC(O)Cn2ccnc2)C1. The Kier molecular flexibility index (Phi) is 6.24. The van der Waals surface area contributed by atoms with E-state index in [1.807, 2.05) is 10.8 Å². The molecule has 0 amide bonds. The van der Waals surface area contributed by atoms with Gasteiger partial charge in [0, 0.05) is 12.4 Å². The average Bonchev–Trinajstić information content (AvgIpc) is 2.97. The zero-order valence-electron chi connectivity index (χ0n) is 13.6. The maximum Gasteiger partial charge on any atom is 0.0952 e. The second-order valence-corrected chi connectivity index (χ2v) is 6.78. The van der Waals surface area contributed by atoms with Crippen LogP contribution in [0.25, 0.3) is 0 Å². The molecule has 0 bridgehead atoms. The Bertz CT molecular complexity index is 392. The second kappa shape index (κ2) is 7.95. The van der Waals surface area contributed by atoms with Gasteiger partial charge in [-0.3, -0.25) is 0 Å². The Labute approximate surface area is 128 Å². The molecule has 4 atom stereocenters. The number of hydrogen-bond donors (Lipinski definition) is 1. The van der Waals surface area contributed by atoms with Crippen LogP contribution in [0.3, 0.4) is 0 Å². The van der Waals surface area contributed by atoms with Gasteiger partial charge in [0.2, 0.25) is 0 Å². The second-order valence-electron chi connectivity index (χ2n) is 6.78. The summed E-state index contributed by atoms with van der Waals surface area (Å²) in [6.07, 6.45) is 10.2. The molecule has 1 aliphatic rings. The highest BCUT2D eigenvalue weighted by atomic mass is 16.5. The molecule has 0 spiro atoms. The smallest absolute Gasteiger partial charge is 0.0952 e. The summed E-state index contributed by atoms with van der Waals surface area (Å²) < 4.78 is 8.01. The van der Waals surface area contributed by atoms with E-state index in [2.05, 4.69) is 25.8 Å². The molecule has 1 aliphatic carbocycles. The molecule has 120 valence electrons. The van der Waals surface area contributed by atoms with Gasteiger partial charge in [0.05, 0.1) is 31.7 Å². The van der Waals surface area contributed by atoms with Crippen molar-refractivity contribution in [2.75, 3.05) is 6.61 Å². The Morgan fingerprint density at radius 2 is 2.19 bits per heavy atom. The van der Waals surface area contributed by atoms with Crippen molar-refractivity contribution in [1.82, 2.24) is 9.55 Å². The summed E-state index contributed by atoms with van der Waals surface area (Å²) in [5.74, 6) is 2.07. The molecule has 21 heavy (non-hydrogen) atoms. The molecule has 1 N–H and O–H groups in total. The van der Waals surface area contributed by atoms with E-state index in [1.165, 1.54) is 19.3 Å². The molecule has 0 saturated heterocycles. The van der Waals surface area contributed by atoms with E-state index >= 15 is 0 Å². The fourth-order valence-corrected chi connectivity index (χ4v) is 3.49. The van der Waals surface area contributed by atoms with E-state index in [0.29, 0.717) is 31.1 Å². The first-order valence-electron chi connectivity index (χ1n) is 8.35. The van der Waals surface area contributed by atoms with E-state index in [-0.39, 0.29) is 0 Å². The summed E-state index contributed by atoms with van der Waals surface area (Å²) in [5, 5.41) is 10.1. The number of aliphatic hydroxyl groups is 1. The summed E-state index contributed by atoms with van der Waals surface area (Å²) >= 11 is 0. The van der Waals surface area contributed by atoms with Crippen molar-refractivity contribution in [3.8, 4) is 0 Å². The van der Waals surface area contributed by atoms with Crippen molar-refractivity contribution < 1.29 is 9.84 Å². The number of aromatic nitrogens is 2. The quantitative estimate of drug-likeness (QED) is 0.840. The molecule has 1 aromatic heterocycles. The fraction of sp³-hybridized carbons (Fsp3) is 0.824. The standard InChI is InChI=1S/C17H30N2O2/c1-4-14-5-6-16(13(2)3)17(9-14)21-11-15(20)10-19-8-7-18-12-19/h7-8,12-17,20H,4-6,9-11H2,1-3H3. The lowest BCUT2D eigenvalue weighted by Gasteiger charge is -2.38. The van der Waals surface area contributed by atoms with Gasteiger partial charge < -0.3 is 14.4 Å². The number of aliphatic hydroxyl groups excluding tert-OH is 1. The van der Waals surface area contributed by atoms with Crippen molar-refractivity contribution in [2.45, 2.75) is 65.2 Å². The summed E-state index contributed by atoms with van der Waals surface area (Å²) in [5.41, 5.74) is 0. The minimum atomic E-state index is -0.464. The average molecular weight is 294 g/mol. The predicted octanol–water partition coefficient (Wildman–Crippen LogP) is 3.11. The van der Waals surface area contributed by atoms with Gasteiger partial charge in [-0.1, -0.05) is 27.2 Å². The lowest BCUT2D eigenvalue weighted by molar-refractivity contribution is -0.0734. The van der Waals surface area contributed by atoms with Gasteiger partial charge in [0.25, 0.3) is 0 Å². The Morgan fingerprint density at radius 3 is 2.81 bits per heavy atom. The molecule has 1 heterocycles. The van der Waals surface area contributed by atoms with Crippen LogP contribution in [0.1, 0.15) is 46.5 Å². The van der Waals surface area contributed by atoms with Gasteiger partial charge in [0.15, 0.2) is 0 Å². The maximum absolute atomic E-state index is 10.1. The highest BCUT2D eigenvalue weighted by molar-refractivity contribution is 4.83. The van der Waals surface area contributed by atoms with Crippen molar-refractivity contribution >= 4 is 0 Å². The molecule has 1 fully saturated rings. The summed E-state index contributed by atoms with van der Waals surface area (Å²) in [7, 11) is 0. The minimum absolute atomic E-state index is 0.307. The van der Waals surface area contributed by atoms with E-state index in [4.69, 9.17) is 4.74 Å².